The van der Waals surface area contributed by atoms with Crippen molar-refractivity contribution in [1.82, 2.24) is 20.6 Å². The van der Waals surface area contributed by atoms with Crippen molar-refractivity contribution in [1.29, 1.82) is 0 Å². The van der Waals surface area contributed by atoms with Gasteiger partial charge in [0.25, 0.3) is 17.7 Å². The molecule has 1 fully saturated rings. The summed E-state index contributed by atoms with van der Waals surface area (Å²) in [5.41, 5.74) is 5.90. The van der Waals surface area contributed by atoms with Crippen molar-refractivity contribution < 1.29 is 24.3 Å². The average Bonchev–Trinajstić information content (AvgIpc) is 3.00. The van der Waals surface area contributed by atoms with E-state index in [0.29, 0.717) is 12.2 Å². The molecule has 1 heterocycles. The lowest BCUT2D eigenvalue weighted by Crippen LogP contribution is -2.54. The smallest absolute Gasteiger partial charge is 0.275 e. The number of likely N-dealkylation sites (N-methyl/N-ethyl adjacent to an activating group) is 3. The van der Waals surface area contributed by atoms with Crippen molar-refractivity contribution >= 4 is 23.4 Å². The van der Waals surface area contributed by atoms with Crippen LogP contribution in [-0.4, -0.2) is 86.1 Å². The highest BCUT2D eigenvalue weighted by molar-refractivity contribution is 6.08. The van der Waals surface area contributed by atoms with Crippen LogP contribution in [0.25, 0.3) is 11.1 Å². The summed E-state index contributed by atoms with van der Waals surface area (Å²) in [5.74, 6) is -1.51. The molecule has 210 valence electrons. The zero-order valence-electron chi connectivity index (χ0n) is 23.0. The Morgan fingerprint density at radius 1 is 0.875 bits per heavy atom. The summed E-state index contributed by atoms with van der Waals surface area (Å²) in [6, 6.07) is 21.5. The van der Waals surface area contributed by atoms with Crippen molar-refractivity contribution in [3.05, 3.63) is 83.9 Å². The first-order valence-corrected chi connectivity index (χ1v) is 13.1. The normalized spacial score (nSPS) is 14.2. The number of ether oxygens (including phenoxy) is 1. The molecule has 0 bridgehead atoms. The summed E-state index contributed by atoms with van der Waals surface area (Å²) in [6.45, 7) is 4.70. The van der Waals surface area contributed by atoms with Crippen molar-refractivity contribution in [2.75, 3.05) is 52.2 Å². The minimum atomic E-state index is -1.51. The molecule has 1 aliphatic heterocycles. The predicted octanol–water partition coefficient (Wildman–Crippen LogP) is 2.38. The number of amides is 3. The number of carbonyl (C=O) groups excluding carboxylic acids is 3. The highest BCUT2D eigenvalue weighted by Gasteiger charge is 2.33. The van der Waals surface area contributed by atoms with Crippen molar-refractivity contribution in [2.24, 2.45) is 0 Å². The van der Waals surface area contributed by atoms with Crippen LogP contribution in [0.15, 0.2) is 72.8 Å². The van der Waals surface area contributed by atoms with E-state index in [1.165, 1.54) is 25.3 Å². The summed E-state index contributed by atoms with van der Waals surface area (Å²) < 4.78 is 5.99. The van der Waals surface area contributed by atoms with Crippen LogP contribution >= 0.6 is 0 Å². The number of benzene rings is 3. The van der Waals surface area contributed by atoms with Gasteiger partial charge in [-0.3, -0.25) is 19.6 Å². The molecule has 0 aliphatic carbocycles. The predicted molar refractivity (Wildman–Crippen MR) is 152 cm³/mol. The van der Waals surface area contributed by atoms with Crippen LogP contribution in [0.1, 0.15) is 15.9 Å². The van der Waals surface area contributed by atoms with Gasteiger partial charge in [-0.1, -0.05) is 36.4 Å². The van der Waals surface area contributed by atoms with Crippen LogP contribution in [0.3, 0.4) is 0 Å². The van der Waals surface area contributed by atoms with E-state index in [1.54, 1.807) is 24.3 Å². The number of nitrogens with zero attached hydrogens (tertiary/aromatic N) is 3. The Kier molecular flexibility index (Phi) is 9.36. The number of nitrogens with one attached hydrogen (secondary N) is 2. The Bertz CT molecular complexity index is 1290. The van der Waals surface area contributed by atoms with Gasteiger partial charge in [0.1, 0.15) is 12.4 Å². The Balaban J connectivity index is 1.34. The summed E-state index contributed by atoms with van der Waals surface area (Å²) in [7, 11) is 4.82. The molecule has 3 N–H and O–H groups in total. The van der Waals surface area contributed by atoms with Gasteiger partial charge in [0.2, 0.25) is 0 Å². The largest absolute Gasteiger partial charge is 0.489 e. The van der Waals surface area contributed by atoms with E-state index < -0.39 is 23.8 Å². The van der Waals surface area contributed by atoms with Crippen molar-refractivity contribution in [3.8, 4) is 16.9 Å². The molecule has 10 nitrogen and oxygen atoms in total. The zero-order valence-corrected chi connectivity index (χ0v) is 23.0. The molecular formula is C30H35N5O5. The fourth-order valence-corrected chi connectivity index (χ4v) is 4.57. The third-order valence-corrected chi connectivity index (χ3v) is 7.09. The molecule has 40 heavy (non-hydrogen) atoms. The molecule has 0 aromatic heterocycles. The Morgan fingerprint density at radius 3 is 2.00 bits per heavy atom. The highest BCUT2D eigenvalue weighted by Crippen LogP contribution is 2.24. The summed E-state index contributed by atoms with van der Waals surface area (Å²) in [4.78, 5) is 42.6. The van der Waals surface area contributed by atoms with E-state index in [-0.39, 0.29) is 0 Å². The zero-order chi connectivity index (χ0) is 28.6. The van der Waals surface area contributed by atoms with Gasteiger partial charge in [-0.05, 0) is 60.1 Å². The minimum Gasteiger partial charge on any atom is -0.489 e. The maximum absolute atomic E-state index is 12.9. The maximum Gasteiger partial charge on any atom is 0.275 e. The molecule has 1 atom stereocenters. The monoisotopic (exact) mass is 545 g/mol. The number of rotatable bonds is 9. The fraction of sp³-hybridized carbons (Fsp3) is 0.300. The lowest BCUT2D eigenvalue weighted by Gasteiger charge is -2.34. The van der Waals surface area contributed by atoms with Crippen LogP contribution in [0.2, 0.25) is 0 Å². The number of hydrogen-bond acceptors (Lipinski definition) is 7. The van der Waals surface area contributed by atoms with Gasteiger partial charge in [-0.15, -0.1) is 0 Å². The van der Waals surface area contributed by atoms with E-state index >= 15 is 0 Å². The molecule has 1 unspecified atom stereocenters. The van der Waals surface area contributed by atoms with E-state index in [4.69, 9.17) is 9.94 Å². The molecule has 0 spiro atoms. The third kappa shape index (κ3) is 6.77. The lowest BCUT2D eigenvalue weighted by molar-refractivity contribution is -0.140. The summed E-state index contributed by atoms with van der Waals surface area (Å²) in [6.07, 6.45) is 0. The van der Waals surface area contributed by atoms with Crippen LogP contribution in [0.5, 0.6) is 5.75 Å². The molecule has 4 rings (SSSR count). The highest BCUT2D eigenvalue weighted by atomic mass is 16.5. The second-order valence-corrected chi connectivity index (χ2v) is 9.76. The van der Waals surface area contributed by atoms with Gasteiger partial charge in [0, 0.05) is 51.5 Å². The molecule has 3 aromatic carbocycles. The van der Waals surface area contributed by atoms with E-state index in [0.717, 1.165) is 53.5 Å². The first kappa shape index (κ1) is 28.6. The Hall–Kier alpha value is -4.41. The number of piperazine rings is 1. The van der Waals surface area contributed by atoms with Gasteiger partial charge < -0.3 is 24.8 Å². The molecule has 1 saturated heterocycles. The second-order valence-electron chi connectivity index (χ2n) is 9.76. The van der Waals surface area contributed by atoms with Crippen molar-refractivity contribution in [3.63, 3.8) is 0 Å². The van der Waals surface area contributed by atoms with E-state index in [1.807, 2.05) is 24.3 Å². The quantitative estimate of drug-likeness (QED) is 0.215. The van der Waals surface area contributed by atoms with Crippen LogP contribution in [0, 0.1) is 0 Å². The maximum atomic E-state index is 12.9. The van der Waals surface area contributed by atoms with E-state index in [9.17, 15) is 14.4 Å². The minimum absolute atomic E-state index is 0.296. The first-order chi connectivity index (χ1) is 19.3. The third-order valence-electron chi connectivity index (χ3n) is 7.09. The van der Waals surface area contributed by atoms with Gasteiger partial charge >= 0.3 is 0 Å². The molecule has 10 heteroatoms. The number of carbonyl (C=O) groups is 3. The number of hydrogen-bond donors (Lipinski definition) is 3. The molecule has 0 saturated carbocycles. The Labute approximate surface area is 234 Å². The second kappa shape index (κ2) is 13.1. The SMILES string of the molecule is CNC(=O)C(C(=O)NO)N(C)C(=O)c1ccc(-c2ccc(OCc3ccc(N4CCN(C)CC4)cc3)cc2)cc1. The first-order valence-electron chi connectivity index (χ1n) is 13.1. The van der Waals surface area contributed by atoms with Crippen molar-refractivity contribution in [2.45, 2.75) is 12.6 Å². The van der Waals surface area contributed by atoms with Gasteiger partial charge in [-0.25, -0.2) is 5.48 Å². The molecular weight excluding hydrogens is 510 g/mol. The van der Waals surface area contributed by atoms with Gasteiger partial charge in [0.05, 0.1) is 0 Å². The topological polar surface area (TPSA) is 114 Å². The molecule has 3 aromatic rings. The number of anilines is 1. The fourth-order valence-electron chi connectivity index (χ4n) is 4.57. The van der Waals surface area contributed by atoms with Crippen LogP contribution in [-0.2, 0) is 16.2 Å². The summed E-state index contributed by atoms with van der Waals surface area (Å²) >= 11 is 0. The van der Waals surface area contributed by atoms with Gasteiger partial charge in [0.15, 0.2) is 6.04 Å². The average molecular weight is 546 g/mol. The lowest BCUT2D eigenvalue weighted by atomic mass is 10.0. The molecule has 3 amide bonds. The molecule has 0 radical (unpaired) electrons. The summed E-state index contributed by atoms with van der Waals surface area (Å²) in [5, 5.41) is 11.3. The van der Waals surface area contributed by atoms with E-state index in [2.05, 4.69) is 46.4 Å². The molecule has 1 aliphatic rings. The Morgan fingerprint density at radius 2 is 1.45 bits per heavy atom. The standard InChI is InChI=1S/C30H35N5O5/c1-31-28(36)27(29(37)32-39)34(3)30(38)24-8-6-22(7-9-24)23-10-14-26(15-11-23)40-20-21-4-12-25(13-5-21)35-18-16-33(2)17-19-35/h4-15,27,39H,16-20H2,1-3H3,(H,31,36)(H,32,37). The van der Waals surface area contributed by atoms with Crippen LogP contribution < -0.4 is 20.4 Å². The van der Waals surface area contributed by atoms with Crippen LogP contribution in [0.4, 0.5) is 5.69 Å². The van der Waals surface area contributed by atoms with Gasteiger partial charge in [-0.2, -0.15) is 0 Å². The number of hydroxylamine groups is 1.